The molecule has 1 aromatic rings. The maximum atomic E-state index is 5.33. The lowest BCUT2D eigenvalue weighted by molar-refractivity contribution is 0.412. The largest absolute Gasteiger partial charge is 0.495 e. The highest BCUT2D eigenvalue weighted by atomic mass is 79.9. The van der Waals surface area contributed by atoms with Crippen molar-refractivity contribution in [2.24, 2.45) is 0 Å². The fourth-order valence-electron chi connectivity index (χ4n) is 1.84. The minimum atomic E-state index is 0.520. The van der Waals surface area contributed by atoms with Gasteiger partial charge in [0.2, 0.25) is 0 Å². The van der Waals surface area contributed by atoms with Gasteiger partial charge in [0.1, 0.15) is 5.75 Å². The van der Waals surface area contributed by atoms with Crippen molar-refractivity contribution >= 4 is 37.5 Å². The van der Waals surface area contributed by atoms with Gasteiger partial charge >= 0.3 is 0 Å². The van der Waals surface area contributed by atoms with Gasteiger partial charge in [-0.15, -0.1) is 0 Å². The number of halogens is 2. The lowest BCUT2D eigenvalue weighted by Gasteiger charge is -2.20. The molecule has 0 fully saturated rings. The van der Waals surface area contributed by atoms with Crippen LogP contribution in [0, 0.1) is 0 Å². The third kappa shape index (κ3) is 4.47. The Kier molecular flexibility index (Phi) is 7.08. The Balaban J connectivity index is 2.81. The summed E-state index contributed by atoms with van der Waals surface area (Å²) in [6, 6.07) is 4.57. The predicted molar refractivity (Wildman–Crippen MR) is 85.6 cm³/mol. The normalized spacial score (nSPS) is 12.3. The molecule has 2 nitrogen and oxygen atoms in total. The van der Waals surface area contributed by atoms with Crippen molar-refractivity contribution in [3.63, 3.8) is 0 Å². The zero-order valence-electron chi connectivity index (χ0n) is 11.2. The van der Waals surface area contributed by atoms with E-state index in [4.69, 9.17) is 4.74 Å². The number of nitrogens with one attached hydrogen (secondary N) is 1. The quantitative estimate of drug-likeness (QED) is 0.666. The summed E-state index contributed by atoms with van der Waals surface area (Å²) in [5, 5.41) is 3.59. The third-order valence-corrected chi connectivity index (χ3v) is 4.28. The van der Waals surface area contributed by atoms with Gasteiger partial charge in [0.25, 0.3) is 0 Å². The molecule has 102 valence electrons. The second-order valence-electron chi connectivity index (χ2n) is 4.36. The molecule has 18 heavy (non-hydrogen) atoms. The zero-order chi connectivity index (χ0) is 13.5. The van der Waals surface area contributed by atoms with E-state index >= 15 is 0 Å². The van der Waals surface area contributed by atoms with E-state index in [9.17, 15) is 0 Å². The van der Waals surface area contributed by atoms with E-state index in [0.717, 1.165) is 26.8 Å². The number of methoxy groups -OCH3 is 1. The first-order valence-corrected chi connectivity index (χ1v) is 8.00. The van der Waals surface area contributed by atoms with Gasteiger partial charge in [0.15, 0.2) is 0 Å². The molecule has 1 atom stereocenters. The SMILES string of the molecule is CCCCC(CC)Nc1cc(OC)c(Br)cc1Br. The number of hydrogen-bond donors (Lipinski definition) is 1. The Labute approximate surface area is 127 Å². The first-order chi connectivity index (χ1) is 8.62. The number of rotatable bonds is 7. The summed E-state index contributed by atoms with van der Waals surface area (Å²) in [6.45, 7) is 4.45. The standard InChI is InChI=1S/C14H21Br2NO/c1-4-6-7-10(5-2)17-13-9-14(18-3)12(16)8-11(13)15/h8-10,17H,4-7H2,1-3H3. The van der Waals surface area contributed by atoms with E-state index < -0.39 is 0 Å². The molecule has 0 saturated carbocycles. The average Bonchev–Trinajstić information content (AvgIpc) is 2.36. The Morgan fingerprint density at radius 1 is 1.22 bits per heavy atom. The van der Waals surface area contributed by atoms with Gasteiger partial charge in [-0.25, -0.2) is 0 Å². The van der Waals surface area contributed by atoms with Crippen LogP contribution in [-0.4, -0.2) is 13.2 Å². The van der Waals surface area contributed by atoms with Crippen LogP contribution < -0.4 is 10.1 Å². The van der Waals surface area contributed by atoms with Crippen molar-refractivity contribution in [3.05, 3.63) is 21.1 Å². The van der Waals surface area contributed by atoms with Gasteiger partial charge in [0.05, 0.1) is 17.3 Å². The van der Waals surface area contributed by atoms with Crippen LogP contribution in [0.4, 0.5) is 5.69 Å². The van der Waals surface area contributed by atoms with E-state index in [1.165, 1.54) is 19.3 Å². The van der Waals surface area contributed by atoms with Crippen LogP contribution in [0.3, 0.4) is 0 Å². The number of benzene rings is 1. The van der Waals surface area contributed by atoms with Gasteiger partial charge in [-0.3, -0.25) is 0 Å². The van der Waals surface area contributed by atoms with Gasteiger partial charge in [0, 0.05) is 16.6 Å². The summed E-state index contributed by atoms with van der Waals surface area (Å²) in [4.78, 5) is 0. The minimum Gasteiger partial charge on any atom is -0.495 e. The number of anilines is 1. The first-order valence-electron chi connectivity index (χ1n) is 6.41. The van der Waals surface area contributed by atoms with Crippen molar-refractivity contribution < 1.29 is 4.74 Å². The van der Waals surface area contributed by atoms with Crippen LogP contribution in [0.2, 0.25) is 0 Å². The summed E-state index contributed by atoms with van der Waals surface area (Å²) < 4.78 is 7.35. The number of hydrogen-bond acceptors (Lipinski definition) is 2. The van der Waals surface area contributed by atoms with Crippen LogP contribution in [0.25, 0.3) is 0 Å². The van der Waals surface area contributed by atoms with E-state index in [1.54, 1.807) is 7.11 Å². The van der Waals surface area contributed by atoms with Gasteiger partial charge in [-0.05, 0) is 50.8 Å². The van der Waals surface area contributed by atoms with Crippen molar-refractivity contribution in [1.82, 2.24) is 0 Å². The smallest absolute Gasteiger partial charge is 0.135 e. The second-order valence-corrected chi connectivity index (χ2v) is 6.07. The topological polar surface area (TPSA) is 21.3 Å². The Hall–Kier alpha value is -0.220. The summed E-state index contributed by atoms with van der Waals surface area (Å²) in [5.41, 5.74) is 1.10. The maximum Gasteiger partial charge on any atom is 0.135 e. The monoisotopic (exact) mass is 377 g/mol. The van der Waals surface area contributed by atoms with Gasteiger partial charge < -0.3 is 10.1 Å². The minimum absolute atomic E-state index is 0.520. The zero-order valence-corrected chi connectivity index (χ0v) is 14.4. The molecule has 1 N–H and O–H groups in total. The Morgan fingerprint density at radius 2 is 1.94 bits per heavy atom. The summed E-state index contributed by atoms with van der Waals surface area (Å²) >= 11 is 7.07. The second kappa shape index (κ2) is 8.05. The molecule has 0 aromatic heterocycles. The molecule has 0 aliphatic carbocycles. The van der Waals surface area contributed by atoms with Crippen LogP contribution in [-0.2, 0) is 0 Å². The Morgan fingerprint density at radius 3 is 2.50 bits per heavy atom. The third-order valence-electron chi connectivity index (χ3n) is 3.00. The predicted octanol–water partition coefficient (Wildman–Crippen LogP) is 5.60. The fraction of sp³-hybridized carbons (Fsp3) is 0.571. The Bertz CT molecular complexity index is 382. The molecule has 0 amide bonds. The van der Waals surface area contributed by atoms with Crippen molar-refractivity contribution in [2.45, 2.75) is 45.6 Å². The lowest BCUT2D eigenvalue weighted by atomic mass is 10.1. The van der Waals surface area contributed by atoms with Crippen LogP contribution in [0.15, 0.2) is 21.1 Å². The maximum absolute atomic E-state index is 5.33. The van der Waals surface area contributed by atoms with Crippen molar-refractivity contribution in [1.29, 1.82) is 0 Å². The lowest BCUT2D eigenvalue weighted by Crippen LogP contribution is -2.18. The molecular formula is C14H21Br2NO. The highest BCUT2D eigenvalue weighted by Gasteiger charge is 2.11. The van der Waals surface area contributed by atoms with E-state index in [1.807, 2.05) is 12.1 Å². The fourth-order valence-corrected chi connectivity index (χ4v) is 3.12. The van der Waals surface area contributed by atoms with Crippen molar-refractivity contribution in [2.75, 3.05) is 12.4 Å². The van der Waals surface area contributed by atoms with Crippen LogP contribution in [0.5, 0.6) is 5.75 Å². The molecular weight excluding hydrogens is 358 g/mol. The highest BCUT2D eigenvalue weighted by Crippen LogP contribution is 2.35. The van der Waals surface area contributed by atoms with Crippen molar-refractivity contribution in [3.8, 4) is 5.75 Å². The average molecular weight is 379 g/mol. The molecule has 0 heterocycles. The van der Waals surface area contributed by atoms with E-state index in [0.29, 0.717) is 6.04 Å². The highest BCUT2D eigenvalue weighted by molar-refractivity contribution is 9.11. The summed E-state index contributed by atoms with van der Waals surface area (Å²) in [6.07, 6.45) is 4.84. The molecule has 0 aliphatic rings. The van der Waals surface area contributed by atoms with Gasteiger partial charge in [-0.2, -0.15) is 0 Å². The molecule has 0 bridgehead atoms. The number of unbranched alkanes of at least 4 members (excludes halogenated alkanes) is 1. The molecule has 0 radical (unpaired) electrons. The summed E-state index contributed by atoms with van der Waals surface area (Å²) in [5.74, 6) is 0.853. The first kappa shape index (κ1) is 15.8. The van der Waals surface area contributed by atoms with E-state index in [-0.39, 0.29) is 0 Å². The van der Waals surface area contributed by atoms with Gasteiger partial charge in [-0.1, -0.05) is 26.7 Å². The van der Waals surface area contributed by atoms with E-state index in [2.05, 4.69) is 51.0 Å². The molecule has 0 spiro atoms. The van der Waals surface area contributed by atoms with Crippen LogP contribution >= 0.6 is 31.9 Å². The molecule has 1 rings (SSSR count). The molecule has 0 aliphatic heterocycles. The summed E-state index contributed by atoms with van der Waals surface area (Å²) in [7, 11) is 1.69. The van der Waals surface area contributed by atoms with Crippen LogP contribution in [0.1, 0.15) is 39.5 Å². The molecule has 1 unspecified atom stereocenters. The molecule has 4 heteroatoms. The molecule has 0 saturated heterocycles. The molecule has 1 aromatic carbocycles. The number of ether oxygens (including phenoxy) is 1.